The van der Waals surface area contributed by atoms with E-state index < -0.39 is 6.43 Å². The number of alkyl halides is 2. The molecule has 1 aromatic carbocycles. The van der Waals surface area contributed by atoms with Gasteiger partial charge in [0.05, 0.1) is 6.10 Å². The van der Waals surface area contributed by atoms with E-state index in [0.29, 0.717) is 5.92 Å². The van der Waals surface area contributed by atoms with Crippen LogP contribution in [-0.2, 0) is 4.74 Å². The van der Waals surface area contributed by atoms with Crippen molar-refractivity contribution in [1.82, 2.24) is 5.32 Å². The molecule has 1 aliphatic rings. The second-order valence-corrected chi connectivity index (χ2v) is 4.72. The van der Waals surface area contributed by atoms with Crippen LogP contribution in [0.25, 0.3) is 0 Å². The predicted molar refractivity (Wildman–Crippen MR) is 66.7 cm³/mol. The summed E-state index contributed by atoms with van der Waals surface area (Å²) in [5.41, 5.74) is 1.07. The van der Waals surface area contributed by atoms with Gasteiger partial charge < -0.3 is 10.1 Å². The largest absolute Gasteiger partial charge is 0.373 e. The first-order valence-electron chi connectivity index (χ1n) is 6.36. The van der Waals surface area contributed by atoms with Crippen LogP contribution in [-0.4, -0.2) is 20.2 Å². The Balaban J connectivity index is 2.12. The number of benzene rings is 1. The molecule has 1 N–H and O–H groups in total. The smallest absolute Gasteiger partial charge is 0.263 e. The fourth-order valence-corrected chi connectivity index (χ4v) is 2.51. The van der Waals surface area contributed by atoms with Gasteiger partial charge in [-0.25, -0.2) is 8.78 Å². The minimum Gasteiger partial charge on any atom is -0.373 e. The number of halogens is 2. The molecule has 1 saturated heterocycles. The van der Waals surface area contributed by atoms with E-state index in [1.54, 1.807) is 12.1 Å². The summed E-state index contributed by atoms with van der Waals surface area (Å²) in [6, 6.07) is 6.52. The van der Waals surface area contributed by atoms with Crippen LogP contribution < -0.4 is 5.32 Å². The molecule has 0 aliphatic carbocycles. The molecule has 0 amide bonds. The monoisotopic (exact) mass is 255 g/mol. The van der Waals surface area contributed by atoms with Crippen LogP contribution >= 0.6 is 0 Å². The lowest BCUT2D eigenvalue weighted by Crippen LogP contribution is -2.30. The zero-order chi connectivity index (χ0) is 13.0. The molecule has 100 valence electrons. The molecule has 2 unspecified atom stereocenters. The first-order valence-corrected chi connectivity index (χ1v) is 6.36. The van der Waals surface area contributed by atoms with Gasteiger partial charge in [-0.05, 0) is 25.5 Å². The van der Waals surface area contributed by atoms with Crippen molar-refractivity contribution in [3.63, 3.8) is 0 Å². The molecule has 1 aliphatic heterocycles. The maximum atomic E-state index is 12.5. The van der Waals surface area contributed by atoms with Crippen LogP contribution in [0.1, 0.15) is 36.5 Å². The highest BCUT2D eigenvalue weighted by atomic mass is 19.3. The van der Waals surface area contributed by atoms with Crippen LogP contribution in [0.15, 0.2) is 24.3 Å². The van der Waals surface area contributed by atoms with E-state index in [2.05, 4.69) is 5.32 Å². The number of hydrogen-bond acceptors (Lipinski definition) is 2. The number of nitrogens with one attached hydrogen (secondary N) is 1. The average Bonchev–Trinajstić information content (AvgIpc) is 2.40. The Morgan fingerprint density at radius 1 is 1.33 bits per heavy atom. The maximum Gasteiger partial charge on any atom is 0.263 e. The van der Waals surface area contributed by atoms with Crippen LogP contribution in [0.3, 0.4) is 0 Å². The van der Waals surface area contributed by atoms with Crippen molar-refractivity contribution in [3.05, 3.63) is 35.4 Å². The van der Waals surface area contributed by atoms with Crippen molar-refractivity contribution < 1.29 is 13.5 Å². The summed E-state index contributed by atoms with van der Waals surface area (Å²) in [7, 11) is 1.92. The van der Waals surface area contributed by atoms with E-state index in [-0.39, 0.29) is 11.7 Å². The van der Waals surface area contributed by atoms with E-state index in [0.717, 1.165) is 31.6 Å². The Bertz CT molecular complexity index is 365. The molecule has 0 saturated carbocycles. The van der Waals surface area contributed by atoms with Gasteiger partial charge in [0.15, 0.2) is 0 Å². The SMILES string of the molecule is CNCC1CCCOC1c1ccc(C(F)F)cc1. The third kappa shape index (κ3) is 3.06. The van der Waals surface area contributed by atoms with Crippen LogP contribution in [0.2, 0.25) is 0 Å². The van der Waals surface area contributed by atoms with Crippen molar-refractivity contribution in [1.29, 1.82) is 0 Å². The van der Waals surface area contributed by atoms with E-state index in [1.165, 1.54) is 12.1 Å². The van der Waals surface area contributed by atoms with Crippen LogP contribution in [0, 0.1) is 5.92 Å². The van der Waals surface area contributed by atoms with Gasteiger partial charge in [0.2, 0.25) is 0 Å². The standard InChI is InChI=1S/C14H19F2NO/c1-17-9-12-3-2-8-18-13(12)10-4-6-11(7-5-10)14(15)16/h4-7,12-14,17H,2-3,8-9H2,1H3. The molecular weight excluding hydrogens is 236 g/mol. The summed E-state index contributed by atoms with van der Waals surface area (Å²) < 4.78 is 30.8. The summed E-state index contributed by atoms with van der Waals surface area (Å²) in [4.78, 5) is 0. The van der Waals surface area contributed by atoms with Gasteiger partial charge in [0.1, 0.15) is 0 Å². The van der Waals surface area contributed by atoms with Crippen LogP contribution in [0.5, 0.6) is 0 Å². The van der Waals surface area contributed by atoms with E-state index in [4.69, 9.17) is 4.74 Å². The Morgan fingerprint density at radius 3 is 2.67 bits per heavy atom. The molecule has 0 spiro atoms. The average molecular weight is 255 g/mol. The number of ether oxygens (including phenoxy) is 1. The van der Waals surface area contributed by atoms with Crippen molar-refractivity contribution >= 4 is 0 Å². The normalized spacial score (nSPS) is 24.4. The molecule has 2 atom stereocenters. The fourth-order valence-electron chi connectivity index (χ4n) is 2.51. The van der Waals surface area contributed by atoms with Gasteiger partial charge in [0.25, 0.3) is 6.43 Å². The Hall–Kier alpha value is -1.00. The highest BCUT2D eigenvalue weighted by molar-refractivity contribution is 5.25. The van der Waals surface area contributed by atoms with Gasteiger partial charge >= 0.3 is 0 Å². The van der Waals surface area contributed by atoms with E-state index >= 15 is 0 Å². The molecule has 2 nitrogen and oxygen atoms in total. The molecule has 1 heterocycles. The Kier molecular flexibility index (Phi) is 4.66. The molecule has 0 aromatic heterocycles. The zero-order valence-corrected chi connectivity index (χ0v) is 10.5. The molecular formula is C14H19F2NO. The van der Waals surface area contributed by atoms with Gasteiger partial charge in [-0.15, -0.1) is 0 Å². The molecule has 2 rings (SSSR count). The molecule has 4 heteroatoms. The minimum absolute atomic E-state index is 0.0259. The highest BCUT2D eigenvalue weighted by Gasteiger charge is 2.26. The number of hydrogen-bond donors (Lipinski definition) is 1. The number of rotatable bonds is 4. The quantitative estimate of drug-likeness (QED) is 0.891. The fraction of sp³-hybridized carbons (Fsp3) is 0.571. The minimum atomic E-state index is -2.40. The highest BCUT2D eigenvalue weighted by Crippen LogP contribution is 2.33. The van der Waals surface area contributed by atoms with Gasteiger partial charge in [-0.3, -0.25) is 0 Å². The lowest BCUT2D eigenvalue weighted by Gasteiger charge is -2.32. The molecule has 18 heavy (non-hydrogen) atoms. The second-order valence-electron chi connectivity index (χ2n) is 4.72. The third-order valence-corrected chi connectivity index (χ3v) is 3.43. The summed E-state index contributed by atoms with van der Waals surface area (Å²) in [6.45, 7) is 1.64. The van der Waals surface area contributed by atoms with Gasteiger partial charge in [-0.2, -0.15) is 0 Å². The zero-order valence-electron chi connectivity index (χ0n) is 10.5. The predicted octanol–water partition coefficient (Wildman–Crippen LogP) is 3.31. The lowest BCUT2D eigenvalue weighted by molar-refractivity contribution is -0.0272. The van der Waals surface area contributed by atoms with Gasteiger partial charge in [-0.1, -0.05) is 24.3 Å². The molecule has 0 radical (unpaired) electrons. The Morgan fingerprint density at radius 2 is 2.06 bits per heavy atom. The van der Waals surface area contributed by atoms with Crippen molar-refractivity contribution in [2.45, 2.75) is 25.4 Å². The second kappa shape index (κ2) is 6.25. The lowest BCUT2D eigenvalue weighted by atomic mass is 9.89. The van der Waals surface area contributed by atoms with Crippen molar-refractivity contribution in [2.24, 2.45) is 5.92 Å². The van der Waals surface area contributed by atoms with Crippen molar-refractivity contribution in [3.8, 4) is 0 Å². The summed E-state index contributed by atoms with van der Waals surface area (Å²) in [6.07, 6.45) is -0.197. The summed E-state index contributed by atoms with van der Waals surface area (Å²) >= 11 is 0. The summed E-state index contributed by atoms with van der Waals surface area (Å²) in [5, 5.41) is 3.17. The molecule has 1 fully saturated rings. The first kappa shape index (κ1) is 13.4. The molecule has 1 aromatic rings. The Labute approximate surface area is 106 Å². The topological polar surface area (TPSA) is 21.3 Å². The van der Waals surface area contributed by atoms with E-state index in [9.17, 15) is 8.78 Å². The van der Waals surface area contributed by atoms with Crippen molar-refractivity contribution in [2.75, 3.05) is 20.2 Å². The third-order valence-electron chi connectivity index (χ3n) is 3.43. The molecule has 0 bridgehead atoms. The van der Waals surface area contributed by atoms with Gasteiger partial charge in [0, 0.05) is 24.6 Å². The maximum absolute atomic E-state index is 12.5. The van der Waals surface area contributed by atoms with Crippen LogP contribution in [0.4, 0.5) is 8.78 Å². The summed E-state index contributed by atoms with van der Waals surface area (Å²) in [5.74, 6) is 0.418. The first-order chi connectivity index (χ1) is 8.72. The van der Waals surface area contributed by atoms with E-state index in [1.807, 2.05) is 7.05 Å².